The van der Waals surface area contributed by atoms with E-state index in [0.717, 1.165) is 38.5 Å². The average Bonchev–Trinajstić information content (AvgIpc) is 2.86. The molecule has 1 unspecified atom stereocenters. The smallest absolute Gasteiger partial charge is 0.328 e. The van der Waals surface area contributed by atoms with E-state index in [2.05, 4.69) is 73.0 Å². The fourth-order valence-electron chi connectivity index (χ4n) is 3.42. The molecule has 0 heterocycles. The van der Waals surface area contributed by atoms with Crippen LogP contribution < -0.4 is 5.32 Å². The second-order valence-corrected chi connectivity index (χ2v) is 10.1. The Kier molecular flexibility index (Phi) is 21.5. The summed E-state index contributed by atoms with van der Waals surface area (Å²) < 4.78 is 10.1. The average molecular weight is 530 g/mol. The monoisotopic (exact) mass is 529 g/mol. The summed E-state index contributed by atoms with van der Waals surface area (Å²) in [5.74, 6) is -0.889. The molecule has 0 aliphatic rings. The molecule has 6 heteroatoms. The van der Waals surface area contributed by atoms with Gasteiger partial charge in [-0.25, -0.2) is 4.79 Å². The highest BCUT2D eigenvalue weighted by molar-refractivity contribution is 5.84. The van der Waals surface area contributed by atoms with Crippen LogP contribution >= 0.6 is 0 Å². The number of unbranched alkanes of at least 4 members (excludes halogenated alkanes) is 2. The van der Waals surface area contributed by atoms with Gasteiger partial charge in [0.25, 0.3) is 0 Å². The van der Waals surface area contributed by atoms with Crippen molar-refractivity contribution in [2.24, 2.45) is 0 Å². The van der Waals surface area contributed by atoms with Gasteiger partial charge >= 0.3 is 11.9 Å². The molecule has 0 saturated heterocycles. The normalized spacial score (nSPS) is 13.3. The molecular weight excluding hydrogens is 478 g/mol. The number of methoxy groups -OCH3 is 1. The second-order valence-electron chi connectivity index (χ2n) is 10.1. The van der Waals surface area contributed by atoms with Gasteiger partial charge in [0.05, 0.1) is 7.11 Å². The Hall–Kier alpha value is -2.89. The largest absolute Gasteiger partial charge is 0.467 e. The Morgan fingerprint density at radius 2 is 1.26 bits per heavy atom. The maximum Gasteiger partial charge on any atom is 0.328 e. The van der Waals surface area contributed by atoms with Gasteiger partial charge in [-0.3, -0.25) is 9.59 Å². The minimum Gasteiger partial charge on any atom is -0.467 e. The first-order valence-electron chi connectivity index (χ1n) is 14.0. The van der Waals surface area contributed by atoms with E-state index in [1.807, 2.05) is 20.8 Å². The van der Waals surface area contributed by atoms with E-state index < -0.39 is 17.6 Å². The van der Waals surface area contributed by atoms with E-state index in [-0.39, 0.29) is 18.3 Å². The van der Waals surface area contributed by atoms with Gasteiger partial charge in [-0.1, -0.05) is 74.1 Å². The second kappa shape index (κ2) is 23.2. The lowest BCUT2D eigenvalue weighted by Gasteiger charge is -2.19. The molecule has 0 aliphatic carbocycles. The molecule has 1 N–H and O–H groups in total. The fraction of sp³-hybridized carbons (Fsp3) is 0.594. The molecule has 1 amide bonds. The standard InChI is InChI=1S/C32H51NO5/c1-6-7-8-9-10-11-12-13-14-15-16-17-18-19-20-21-22-26-29(34)33-28(31(36)37-5)25-23-24-27-30(35)38-32(2,3)4/h7-8,10-11,13-14,16-17,19-20,28H,6,9,12,15,18,21-27H2,1-5H3,(H,33,34). The summed E-state index contributed by atoms with van der Waals surface area (Å²) in [6, 6.07) is -0.695. The van der Waals surface area contributed by atoms with Gasteiger partial charge in [-0.05, 0) is 78.6 Å². The van der Waals surface area contributed by atoms with Crippen LogP contribution in [0.25, 0.3) is 0 Å². The predicted octanol–water partition coefficient (Wildman–Crippen LogP) is 7.47. The molecule has 0 aromatic rings. The van der Waals surface area contributed by atoms with E-state index in [1.165, 1.54) is 7.11 Å². The topological polar surface area (TPSA) is 81.7 Å². The number of rotatable bonds is 20. The Bertz CT molecular complexity index is 799. The molecule has 0 aromatic heterocycles. The molecule has 0 radical (unpaired) electrons. The van der Waals surface area contributed by atoms with Crippen molar-refractivity contribution in [2.45, 2.75) is 116 Å². The number of amides is 1. The van der Waals surface area contributed by atoms with Gasteiger partial charge in [0.1, 0.15) is 11.6 Å². The number of esters is 2. The quantitative estimate of drug-likeness (QED) is 0.100. The lowest BCUT2D eigenvalue weighted by atomic mass is 10.1. The molecule has 0 spiro atoms. The van der Waals surface area contributed by atoms with Crippen molar-refractivity contribution in [1.29, 1.82) is 0 Å². The van der Waals surface area contributed by atoms with E-state index in [1.54, 1.807) is 0 Å². The Morgan fingerprint density at radius 3 is 1.76 bits per heavy atom. The Labute approximate surface area is 231 Å². The summed E-state index contributed by atoms with van der Waals surface area (Å²) >= 11 is 0. The summed E-state index contributed by atoms with van der Waals surface area (Å²) in [4.78, 5) is 36.1. The van der Waals surface area contributed by atoms with E-state index in [0.29, 0.717) is 32.1 Å². The number of nitrogens with one attached hydrogen (secondary N) is 1. The number of hydrogen-bond acceptors (Lipinski definition) is 5. The molecule has 0 bridgehead atoms. The highest BCUT2D eigenvalue weighted by atomic mass is 16.6. The summed E-state index contributed by atoms with van der Waals surface area (Å²) in [5.41, 5.74) is -0.508. The van der Waals surface area contributed by atoms with Crippen LogP contribution in [-0.2, 0) is 23.9 Å². The van der Waals surface area contributed by atoms with Crippen LogP contribution in [0.3, 0.4) is 0 Å². The van der Waals surface area contributed by atoms with Crippen molar-refractivity contribution in [1.82, 2.24) is 5.32 Å². The Balaban J connectivity index is 4.04. The van der Waals surface area contributed by atoms with Crippen LogP contribution in [-0.4, -0.2) is 36.6 Å². The van der Waals surface area contributed by atoms with Crippen molar-refractivity contribution in [3.05, 3.63) is 60.8 Å². The molecule has 0 aliphatic heterocycles. The first kappa shape index (κ1) is 35.1. The molecule has 0 aromatic carbocycles. The minimum atomic E-state index is -0.695. The number of carbonyl (C=O) groups is 3. The third kappa shape index (κ3) is 23.5. The fourth-order valence-corrected chi connectivity index (χ4v) is 3.42. The zero-order valence-corrected chi connectivity index (χ0v) is 24.4. The number of hydrogen-bond donors (Lipinski definition) is 1. The third-order valence-corrected chi connectivity index (χ3v) is 5.30. The van der Waals surface area contributed by atoms with Gasteiger partial charge in [0, 0.05) is 12.8 Å². The van der Waals surface area contributed by atoms with E-state index >= 15 is 0 Å². The molecule has 6 nitrogen and oxygen atoms in total. The maximum absolute atomic E-state index is 12.3. The zero-order chi connectivity index (χ0) is 28.5. The lowest BCUT2D eigenvalue weighted by Crippen LogP contribution is -2.41. The molecule has 38 heavy (non-hydrogen) atoms. The molecule has 1 atom stereocenters. The molecule has 0 rings (SSSR count). The van der Waals surface area contributed by atoms with Gasteiger partial charge < -0.3 is 14.8 Å². The number of carbonyl (C=O) groups excluding carboxylic acids is 3. The molecule has 0 saturated carbocycles. The van der Waals surface area contributed by atoms with Gasteiger partial charge in [-0.15, -0.1) is 0 Å². The number of ether oxygens (including phenoxy) is 2. The summed E-state index contributed by atoms with van der Waals surface area (Å²) in [7, 11) is 1.31. The molecule has 214 valence electrons. The predicted molar refractivity (Wildman–Crippen MR) is 157 cm³/mol. The van der Waals surface area contributed by atoms with Crippen LogP contribution in [0.2, 0.25) is 0 Å². The summed E-state index contributed by atoms with van der Waals surface area (Å²) in [6.07, 6.45) is 30.2. The number of allylic oxidation sites excluding steroid dienone is 10. The SMILES string of the molecule is CCC=CCC=CCC=CCC=CCC=CCCCC(=O)NC(CCCCC(=O)OC(C)(C)C)C(=O)OC. The van der Waals surface area contributed by atoms with Crippen LogP contribution in [0.15, 0.2) is 60.8 Å². The Morgan fingerprint density at radius 1 is 0.737 bits per heavy atom. The zero-order valence-electron chi connectivity index (χ0n) is 24.4. The minimum absolute atomic E-state index is 0.167. The van der Waals surface area contributed by atoms with Crippen molar-refractivity contribution in [3.8, 4) is 0 Å². The van der Waals surface area contributed by atoms with Gasteiger partial charge in [0.2, 0.25) is 5.91 Å². The van der Waals surface area contributed by atoms with Crippen LogP contribution in [0.1, 0.15) is 105 Å². The summed E-state index contributed by atoms with van der Waals surface area (Å²) in [5, 5.41) is 2.77. The van der Waals surface area contributed by atoms with Crippen LogP contribution in [0.5, 0.6) is 0 Å². The molecule has 0 fully saturated rings. The van der Waals surface area contributed by atoms with Gasteiger partial charge in [-0.2, -0.15) is 0 Å². The van der Waals surface area contributed by atoms with Crippen molar-refractivity contribution in [3.63, 3.8) is 0 Å². The van der Waals surface area contributed by atoms with Crippen molar-refractivity contribution >= 4 is 17.8 Å². The third-order valence-electron chi connectivity index (χ3n) is 5.30. The van der Waals surface area contributed by atoms with E-state index in [4.69, 9.17) is 9.47 Å². The molecular formula is C32H51NO5. The van der Waals surface area contributed by atoms with Crippen LogP contribution in [0.4, 0.5) is 0 Å². The van der Waals surface area contributed by atoms with Crippen molar-refractivity contribution in [2.75, 3.05) is 7.11 Å². The highest BCUT2D eigenvalue weighted by Crippen LogP contribution is 2.12. The van der Waals surface area contributed by atoms with Crippen LogP contribution in [0, 0.1) is 0 Å². The maximum atomic E-state index is 12.3. The first-order chi connectivity index (χ1) is 18.2. The first-order valence-corrected chi connectivity index (χ1v) is 14.0. The summed E-state index contributed by atoms with van der Waals surface area (Å²) in [6.45, 7) is 7.63. The lowest BCUT2D eigenvalue weighted by molar-refractivity contribution is -0.155. The highest BCUT2D eigenvalue weighted by Gasteiger charge is 2.21. The van der Waals surface area contributed by atoms with Gasteiger partial charge in [0.15, 0.2) is 0 Å². The van der Waals surface area contributed by atoms with Crippen molar-refractivity contribution < 1.29 is 23.9 Å². The van der Waals surface area contributed by atoms with E-state index in [9.17, 15) is 14.4 Å².